The van der Waals surface area contributed by atoms with Gasteiger partial charge >= 0.3 is 0 Å². The predicted octanol–water partition coefficient (Wildman–Crippen LogP) is 6.63. The van der Waals surface area contributed by atoms with Crippen LogP contribution in [0.1, 0.15) is 43.7 Å². The van der Waals surface area contributed by atoms with Gasteiger partial charge in [-0.2, -0.15) is 0 Å². The monoisotopic (exact) mass is 635 g/mol. The highest BCUT2D eigenvalue weighted by molar-refractivity contribution is 7.92. The molecule has 0 aliphatic heterocycles. The van der Waals surface area contributed by atoms with Gasteiger partial charge in [0.1, 0.15) is 12.6 Å². The van der Waals surface area contributed by atoms with Crippen molar-refractivity contribution >= 4 is 62.3 Å². The van der Waals surface area contributed by atoms with E-state index in [1.807, 2.05) is 13.0 Å². The molecule has 1 aliphatic rings. The third-order valence-corrected chi connectivity index (χ3v) is 9.98. The maximum absolute atomic E-state index is 14.1. The highest BCUT2D eigenvalue weighted by Crippen LogP contribution is 2.29. The number of halogens is 3. The van der Waals surface area contributed by atoms with Crippen molar-refractivity contribution in [3.63, 3.8) is 0 Å². The van der Waals surface area contributed by atoms with Gasteiger partial charge in [-0.25, -0.2) is 8.42 Å². The number of anilines is 1. The second-order valence-corrected chi connectivity index (χ2v) is 13.3. The zero-order valence-electron chi connectivity index (χ0n) is 22.8. The highest BCUT2D eigenvalue weighted by atomic mass is 35.5. The van der Waals surface area contributed by atoms with Crippen molar-refractivity contribution in [3.8, 4) is 0 Å². The molecule has 0 spiro atoms. The Bertz CT molecular complexity index is 1490. The third kappa shape index (κ3) is 7.55. The molecular formula is C30H32Cl3N3O4S. The number of rotatable bonds is 10. The number of hydrogen-bond donors (Lipinski definition) is 1. The lowest BCUT2D eigenvalue weighted by Gasteiger charge is -2.33. The molecule has 1 atom stereocenters. The summed E-state index contributed by atoms with van der Waals surface area (Å²) in [6.07, 6.45) is 3.82. The fraction of sp³-hybridized carbons (Fsp3) is 0.333. The van der Waals surface area contributed by atoms with Gasteiger partial charge < -0.3 is 10.2 Å². The van der Waals surface area contributed by atoms with E-state index >= 15 is 0 Å². The Kier molecular flexibility index (Phi) is 10.2. The second-order valence-electron chi connectivity index (χ2n) is 10.2. The molecule has 1 aliphatic carbocycles. The smallest absolute Gasteiger partial charge is 0.264 e. The molecule has 11 heteroatoms. The van der Waals surface area contributed by atoms with Crippen molar-refractivity contribution in [1.29, 1.82) is 0 Å². The molecule has 1 unspecified atom stereocenters. The summed E-state index contributed by atoms with van der Waals surface area (Å²) in [6.45, 7) is 2.81. The first-order chi connectivity index (χ1) is 19.5. The maximum atomic E-state index is 14.1. The van der Waals surface area contributed by atoms with E-state index in [0.717, 1.165) is 35.6 Å². The van der Waals surface area contributed by atoms with E-state index in [1.165, 1.54) is 29.2 Å². The van der Waals surface area contributed by atoms with Gasteiger partial charge in [0.25, 0.3) is 10.0 Å². The molecule has 7 nitrogen and oxygen atoms in total. The van der Waals surface area contributed by atoms with Crippen LogP contribution in [0.15, 0.2) is 71.6 Å². The molecule has 1 saturated carbocycles. The fourth-order valence-electron chi connectivity index (χ4n) is 4.87. The lowest BCUT2D eigenvalue weighted by atomic mass is 10.1. The van der Waals surface area contributed by atoms with Gasteiger partial charge in [-0.05, 0) is 80.8 Å². The van der Waals surface area contributed by atoms with Crippen LogP contribution in [0.25, 0.3) is 0 Å². The summed E-state index contributed by atoms with van der Waals surface area (Å²) in [5, 5.41) is 4.09. The first kappa shape index (κ1) is 31.2. The van der Waals surface area contributed by atoms with Crippen LogP contribution in [-0.2, 0) is 26.2 Å². The molecule has 0 saturated heterocycles. The minimum absolute atomic E-state index is 0.0241. The Morgan fingerprint density at radius 1 is 0.951 bits per heavy atom. The van der Waals surface area contributed by atoms with Crippen LogP contribution in [0.3, 0.4) is 0 Å². The van der Waals surface area contributed by atoms with Crippen molar-refractivity contribution in [3.05, 3.63) is 92.9 Å². The van der Waals surface area contributed by atoms with Crippen LogP contribution in [0.2, 0.25) is 15.1 Å². The van der Waals surface area contributed by atoms with Crippen molar-refractivity contribution < 1.29 is 18.0 Å². The van der Waals surface area contributed by atoms with Gasteiger partial charge in [-0.15, -0.1) is 0 Å². The molecule has 1 N–H and O–H groups in total. The molecule has 1 fully saturated rings. The minimum Gasteiger partial charge on any atom is -0.352 e. The average Bonchev–Trinajstić information content (AvgIpc) is 3.44. The molecule has 41 heavy (non-hydrogen) atoms. The van der Waals surface area contributed by atoms with Crippen molar-refractivity contribution in [2.24, 2.45) is 0 Å². The summed E-state index contributed by atoms with van der Waals surface area (Å²) in [6, 6.07) is 16.7. The topological polar surface area (TPSA) is 86.8 Å². The van der Waals surface area contributed by atoms with E-state index in [-0.39, 0.29) is 23.4 Å². The first-order valence-electron chi connectivity index (χ1n) is 13.3. The zero-order chi connectivity index (χ0) is 29.7. The number of carbonyl (C=O) groups excluding carboxylic acids is 2. The third-order valence-electron chi connectivity index (χ3n) is 7.23. The SMILES string of the molecule is Cc1cccc(N(CC(=O)N(Cc2c(Cl)cccc2Cl)C(C)C(=O)NC2CCCC2)S(=O)(=O)c2ccc(Cl)cc2)c1. The fourth-order valence-corrected chi connectivity index (χ4v) is 6.92. The van der Waals surface area contributed by atoms with Crippen LogP contribution in [0.4, 0.5) is 5.69 Å². The van der Waals surface area contributed by atoms with E-state index < -0.39 is 28.5 Å². The Labute approximate surface area is 256 Å². The number of sulfonamides is 1. The molecule has 0 bridgehead atoms. The van der Waals surface area contributed by atoms with Gasteiger partial charge in [0, 0.05) is 33.2 Å². The van der Waals surface area contributed by atoms with Crippen LogP contribution < -0.4 is 9.62 Å². The number of benzene rings is 3. The number of nitrogens with zero attached hydrogens (tertiary/aromatic N) is 2. The highest BCUT2D eigenvalue weighted by Gasteiger charge is 2.34. The van der Waals surface area contributed by atoms with E-state index in [2.05, 4.69) is 5.32 Å². The quantitative estimate of drug-likeness (QED) is 0.271. The molecule has 218 valence electrons. The lowest BCUT2D eigenvalue weighted by Crippen LogP contribution is -2.52. The van der Waals surface area contributed by atoms with Crippen molar-refractivity contribution in [1.82, 2.24) is 10.2 Å². The number of nitrogens with one attached hydrogen (secondary N) is 1. The summed E-state index contributed by atoms with van der Waals surface area (Å²) >= 11 is 18.9. The molecular weight excluding hydrogens is 605 g/mol. The van der Waals surface area contributed by atoms with Crippen molar-refractivity contribution in [2.75, 3.05) is 10.8 Å². The molecule has 0 aromatic heterocycles. The van der Waals surface area contributed by atoms with Gasteiger partial charge in [0.05, 0.1) is 10.6 Å². The first-order valence-corrected chi connectivity index (χ1v) is 15.9. The predicted molar refractivity (Wildman–Crippen MR) is 164 cm³/mol. The van der Waals surface area contributed by atoms with Crippen LogP contribution >= 0.6 is 34.8 Å². The molecule has 0 radical (unpaired) electrons. The summed E-state index contributed by atoms with van der Waals surface area (Å²) < 4.78 is 28.9. The van der Waals surface area contributed by atoms with Crippen molar-refractivity contribution in [2.45, 2.75) is 63.1 Å². The zero-order valence-corrected chi connectivity index (χ0v) is 25.9. The Morgan fingerprint density at radius 2 is 1.56 bits per heavy atom. The maximum Gasteiger partial charge on any atom is 0.264 e. The minimum atomic E-state index is -4.20. The van der Waals surface area contributed by atoms with Crippen LogP contribution in [0.5, 0.6) is 0 Å². The van der Waals surface area contributed by atoms with Crippen LogP contribution in [-0.4, -0.2) is 43.8 Å². The van der Waals surface area contributed by atoms with E-state index in [1.54, 1.807) is 43.3 Å². The number of hydrogen-bond acceptors (Lipinski definition) is 4. The van der Waals surface area contributed by atoms with E-state index in [4.69, 9.17) is 34.8 Å². The molecule has 3 aromatic rings. The standard InChI is InChI=1S/C30H32Cl3N3O4S/c1-20-7-5-10-24(17-20)36(41(39,40)25-15-13-22(31)14-16-25)19-29(37)35(18-26-27(32)11-6-12-28(26)33)21(2)30(38)34-23-8-3-4-9-23/h5-7,10-17,21,23H,3-4,8-9,18-19H2,1-2H3,(H,34,38). The van der Waals surface area contributed by atoms with Gasteiger partial charge in [-0.3, -0.25) is 13.9 Å². The van der Waals surface area contributed by atoms with E-state index in [9.17, 15) is 18.0 Å². The summed E-state index contributed by atoms with van der Waals surface area (Å²) in [5.74, 6) is -0.912. The van der Waals surface area contributed by atoms with Gasteiger partial charge in [0.2, 0.25) is 11.8 Å². The second kappa shape index (κ2) is 13.5. The van der Waals surface area contributed by atoms with Crippen LogP contribution in [0, 0.1) is 6.92 Å². The summed E-state index contributed by atoms with van der Waals surface area (Å²) in [7, 11) is -4.20. The number of aryl methyl sites for hydroxylation is 1. The van der Waals surface area contributed by atoms with Gasteiger partial charge in [-0.1, -0.05) is 65.8 Å². The number of carbonyl (C=O) groups is 2. The molecule has 4 rings (SSSR count). The summed E-state index contributed by atoms with van der Waals surface area (Å²) in [4.78, 5) is 28.7. The average molecular weight is 637 g/mol. The summed E-state index contributed by atoms with van der Waals surface area (Å²) in [5.41, 5.74) is 1.59. The molecule has 2 amide bonds. The number of amides is 2. The Morgan fingerprint density at radius 3 is 2.17 bits per heavy atom. The Balaban J connectivity index is 1.72. The normalized spacial score (nSPS) is 14.5. The Hall–Kier alpha value is -2.78. The molecule has 0 heterocycles. The largest absolute Gasteiger partial charge is 0.352 e. The molecule has 3 aromatic carbocycles. The van der Waals surface area contributed by atoms with E-state index in [0.29, 0.717) is 26.3 Å². The lowest BCUT2D eigenvalue weighted by molar-refractivity contribution is -0.139. The van der Waals surface area contributed by atoms with Gasteiger partial charge in [0.15, 0.2) is 0 Å².